The van der Waals surface area contributed by atoms with E-state index in [-0.39, 0.29) is 12.5 Å². The van der Waals surface area contributed by atoms with E-state index in [1.165, 1.54) is 0 Å². The molecule has 4 rings (SSSR count). The molecule has 1 aliphatic heterocycles. The van der Waals surface area contributed by atoms with Gasteiger partial charge in [-0.3, -0.25) is 10.2 Å². The van der Waals surface area contributed by atoms with E-state index in [9.17, 15) is 4.79 Å². The minimum atomic E-state index is -1.32. The molecule has 8 nitrogen and oxygen atoms in total. The molecule has 0 fully saturated rings. The number of halogens is 1. The van der Waals surface area contributed by atoms with E-state index in [1.807, 2.05) is 72.8 Å². The van der Waals surface area contributed by atoms with Gasteiger partial charge in [-0.2, -0.15) is 0 Å². The van der Waals surface area contributed by atoms with Crippen molar-refractivity contribution in [1.29, 1.82) is 0 Å². The molecule has 9 heteroatoms. The van der Waals surface area contributed by atoms with Crippen molar-refractivity contribution in [2.75, 3.05) is 26.9 Å². The van der Waals surface area contributed by atoms with E-state index in [1.54, 1.807) is 7.11 Å². The number of hydrogen-bond donors (Lipinski definition) is 3. The van der Waals surface area contributed by atoms with E-state index >= 15 is 0 Å². The van der Waals surface area contributed by atoms with Crippen molar-refractivity contribution < 1.29 is 24.1 Å². The maximum absolute atomic E-state index is 14.2. The summed E-state index contributed by atoms with van der Waals surface area (Å²) in [6.07, 6.45) is 3.24. The average Bonchev–Trinajstić information content (AvgIpc) is 3.39. The van der Waals surface area contributed by atoms with Crippen LogP contribution >= 0.6 is 15.9 Å². The summed E-state index contributed by atoms with van der Waals surface area (Å²) < 4.78 is 18.7. The summed E-state index contributed by atoms with van der Waals surface area (Å²) in [5.74, 6) is 1.43. The molecule has 3 aromatic carbocycles. The molecule has 1 heterocycles. The highest BCUT2D eigenvalue weighted by Gasteiger charge is 2.53. The number of unbranched alkanes of at least 4 members (excludes halogenated alkanes) is 2. The lowest BCUT2D eigenvalue weighted by Gasteiger charge is -2.31. The fraction of sp³-hybridized carbons (Fsp3) is 0.375. The number of aliphatic hydroxyl groups excluding tert-OH is 1. The Balaban J connectivity index is 1.75. The molecule has 0 aliphatic carbocycles. The van der Waals surface area contributed by atoms with Crippen LogP contribution in [0.15, 0.2) is 82.3 Å². The number of nitrogens with zero attached hydrogens (tertiary/aromatic N) is 1. The molecule has 0 spiro atoms. The maximum Gasteiger partial charge on any atom is 0.266 e. The van der Waals surface area contributed by atoms with Crippen molar-refractivity contribution in [1.82, 2.24) is 10.9 Å². The normalized spacial score (nSPS) is 18.0. The molecule has 1 amide bonds. The smallest absolute Gasteiger partial charge is 0.266 e. The molecule has 41 heavy (non-hydrogen) atoms. The minimum Gasteiger partial charge on any atom is -0.497 e. The fourth-order valence-electron chi connectivity index (χ4n) is 4.73. The number of hydrazine groups is 1. The van der Waals surface area contributed by atoms with Crippen molar-refractivity contribution in [3.63, 3.8) is 0 Å². The lowest BCUT2D eigenvalue weighted by Crippen LogP contribution is -2.54. The van der Waals surface area contributed by atoms with Gasteiger partial charge in [0, 0.05) is 36.0 Å². The van der Waals surface area contributed by atoms with Crippen LogP contribution in [0.1, 0.15) is 55.4 Å². The van der Waals surface area contributed by atoms with Gasteiger partial charge in [0.15, 0.2) is 11.6 Å². The summed E-state index contributed by atoms with van der Waals surface area (Å²) in [6.45, 7) is 3.29. The summed E-state index contributed by atoms with van der Waals surface area (Å²) in [5, 5.41) is 9.03. The van der Waals surface area contributed by atoms with Crippen LogP contribution in [0.5, 0.6) is 11.5 Å². The molecule has 0 unspecified atom stereocenters. The predicted octanol–water partition coefficient (Wildman–Crippen LogP) is 5.53. The van der Waals surface area contributed by atoms with Crippen molar-refractivity contribution in [2.45, 2.75) is 50.7 Å². The zero-order chi connectivity index (χ0) is 29.1. The van der Waals surface area contributed by atoms with Crippen molar-refractivity contribution in [3.8, 4) is 11.5 Å². The quantitative estimate of drug-likeness (QED) is 0.152. The number of ether oxygens (including phenoxy) is 3. The molecule has 3 N–H and O–H groups in total. The van der Waals surface area contributed by atoms with Gasteiger partial charge < -0.3 is 19.3 Å². The second kappa shape index (κ2) is 15.0. The first-order chi connectivity index (χ1) is 20.0. The van der Waals surface area contributed by atoms with E-state index < -0.39 is 11.6 Å². The van der Waals surface area contributed by atoms with Gasteiger partial charge in [-0.05, 0) is 60.0 Å². The number of aliphatic imine (C=N–C) groups is 1. The molecule has 218 valence electrons. The topological polar surface area (TPSA) is 101 Å². The Morgan fingerprint density at radius 3 is 2.59 bits per heavy atom. The molecule has 0 aromatic heterocycles. The van der Waals surface area contributed by atoms with Crippen molar-refractivity contribution in [3.05, 3.63) is 94.0 Å². The Labute approximate surface area is 250 Å². The zero-order valence-corrected chi connectivity index (χ0v) is 25.2. The van der Waals surface area contributed by atoms with Gasteiger partial charge in [0.1, 0.15) is 11.5 Å². The molecule has 0 bridgehead atoms. The Hall–Kier alpha value is -3.40. The third-order valence-corrected chi connectivity index (χ3v) is 7.73. The van der Waals surface area contributed by atoms with Crippen LogP contribution in [0.3, 0.4) is 0 Å². The number of aliphatic hydroxyl groups is 1. The highest BCUT2D eigenvalue weighted by atomic mass is 79.9. The third-order valence-electron chi connectivity index (χ3n) is 6.95. The standard InChI is InChI=1S/C32H38BrN3O5/c1-3-4-7-18-34-36-31(38)32(22-25-10-5-6-13-28(25)33)29(24-11-8-12-27(21-24)39-2)41-30(35-32)23-14-16-26(17-15-23)40-20-9-19-37/h5-6,8,10-17,21,29,34,37H,3-4,7,9,18-20,22H2,1-2H3,(H,36,38)/t29-,32-/m0/s1. The summed E-state index contributed by atoms with van der Waals surface area (Å²) in [6, 6.07) is 22.8. The molecule has 0 saturated carbocycles. The van der Waals surface area contributed by atoms with E-state index in [4.69, 9.17) is 24.3 Å². The van der Waals surface area contributed by atoms with Gasteiger partial charge in [-0.25, -0.2) is 10.4 Å². The largest absolute Gasteiger partial charge is 0.497 e. The van der Waals surface area contributed by atoms with E-state index in [0.717, 1.165) is 40.4 Å². The lowest BCUT2D eigenvalue weighted by molar-refractivity contribution is -0.130. The van der Waals surface area contributed by atoms with Crippen molar-refractivity contribution >= 4 is 27.7 Å². The molecular weight excluding hydrogens is 586 g/mol. The number of carbonyl (C=O) groups is 1. The second-order valence-electron chi connectivity index (χ2n) is 9.92. The number of hydrogen-bond acceptors (Lipinski definition) is 7. The van der Waals surface area contributed by atoms with Crippen LogP contribution in [0.25, 0.3) is 0 Å². The minimum absolute atomic E-state index is 0.0729. The molecular formula is C32H38BrN3O5. The van der Waals surface area contributed by atoms with Gasteiger partial charge in [-0.1, -0.05) is 66.0 Å². The lowest BCUT2D eigenvalue weighted by atomic mass is 9.82. The van der Waals surface area contributed by atoms with Gasteiger partial charge in [0.05, 0.1) is 13.7 Å². The summed E-state index contributed by atoms with van der Waals surface area (Å²) in [7, 11) is 1.61. The monoisotopic (exact) mass is 623 g/mol. The SMILES string of the molecule is CCCCCNNC(=O)[C@@]1(Cc2ccccc2Br)N=C(c2ccc(OCCCO)cc2)O[C@H]1c1cccc(OC)c1. The number of nitrogens with one attached hydrogen (secondary N) is 2. The zero-order valence-electron chi connectivity index (χ0n) is 23.6. The van der Waals surface area contributed by atoms with Gasteiger partial charge >= 0.3 is 0 Å². The van der Waals surface area contributed by atoms with Gasteiger partial charge in [-0.15, -0.1) is 0 Å². The number of benzene rings is 3. The van der Waals surface area contributed by atoms with Crippen LogP contribution in [0.4, 0.5) is 0 Å². The van der Waals surface area contributed by atoms with Crippen molar-refractivity contribution in [2.24, 2.45) is 4.99 Å². The Bertz CT molecular complexity index is 1320. The molecule has 1 aliphatic rings. The first-order valence-electron chi connectivity index (χ1n) is 14.0. The Morgan fingerprint density at radius 2 is 1.85 bits per heavy atom. The van der Waals surface area contributed by atoms with Crippen LogP contribution in [0.2, 0.25) is 0 Å². The molecule has 0 saturated heterocycles. The summed E-state index contributed by atoms with van der Waals surface area (Å²) in [4.78, 5) is 19.3. The first-order valence-corrected chi connectivity index (χ1v) is 14.8. The van der Waals surface area contributed by atoms with Crippen LogP contribution < -0.4 is 20.3 Å². The van der Waals surface area contributed by atoms with Gasteiger partial charge in [0.2, 0.25) is 5.90 Å². The number of carbonyl (C=O) groups excluding carboxylic acids is 1. The van der Waals surface area contributed by atoms with Crippen LogP contribution in [-0.2, 0) is 16.0 Å². The number of amides is 1. The maximum atomic E-state index is 14.2. The molecule has 3 aromatic rings. The Kier molecular flexibility index (Phi) is 11.2. The van der Waals surface area contributed by atoms with E-state index in [2.05, 4.69) is 33.7 Å². The second-order valence-corrected chi connectivity index (χ2v) is 10.8. The number of methoxy groups -OCH3 is 1. The first kappa shape index (κ1) is 30.6. The fourth-order valence-corrected chi connectivity index (χ4v) is 5.16. The Morgan fingerprint density at radius 1 is 1.05 bits per heavy atom. The summed E-state index contributed by atoms with van der Waals surface area (Å²) in [5.41, 5.74) is 7.17. The number of rotatable bonds is 15. The predicted molar refractivity (Wildman–Crippen MR) is 163 cm³/mol. The summed E-state index contributed by atoms with van der Waals surface area (Å²) >= 11 is 3.66. The molecule has 2 atom stereocenters. The molecule has 0 radical (unpaired) electrons. The highest BCUT2D eigenvalue weighted by molar-refractivity contribution is 9.10. The highest BCUT2D eigenvalue weighted by Crippen LogP contribution is 2.44. The van der Waals surface area contributed by atoms with Gasteiger partial charge in [0.25, 0.3) is 5.91 Å². The average molecular weight is 625 g/mol. The van der Waals surface area contributed by atoms with Crippen LogP contribution in [0, 0.1) is 0 Å². The van der Waals surface area contributed by atoms with Crippen LogP contribution in [-0.4, -0.2) is 49.3 Å². The third kappa shape index (κ3) is 7.67. The van der Waals surface area contributed by atoms with E-state index in [0.29, 0.717) is 43.4 Å².